The van der Waals surface area contributed by atoms with Gasteiger partial charge in [-0.05, 0) is 27.7 Å². The number of rotatable bonds is 10. The fourth-order valence-corrected chi connectivity index (χ4v) is 1.12. The van der Waals surface area contributed by atoms with Crippen LogP contribution in [0, 0.1) is 5.41 Å². The van der Waals surface area contributed by atoms with Crippen molar-refractivity contribution in [3.63, 3.8) is 0 Å². The predicted octanol–water partition coefficient (Wildman–Crippen LogP) is 1.17. The van der Waals surface area contributed by atoms with Gasteiger partial charge in [-0.15, -0.1) is 0 Å². The lowest BCUT2D eigenvalue weighted by Crippen LogP contribution is -2.37. The summed E-state index contributed by atoms with van der Waals surface area (Å²) < 4.78 is 20.0. The summed E-state index contributed by atoms with van der Waals surface area (Å²) in [5.41, 5.74) is -1.32. The zero-order valence-corrected chi connectivity index (χ0v) is 12.2. The maximum atomic E-state index is 11.7. The highest BCUT2D eigenvalue weighted by atomic mass is 16.6. The molecule has 0 fully saturated rings. The van der Waals surface area contributed by atoms with E-state index in [-0.39, 0.29) is 13.2 Å². The Labute approximate surface area is 114 Å². The molecule has 0 amide bonds. The number of ether oxygens (including phenoxy) is 4. The smallest absolute Gasteiger partial charge is 0.322 e. The molecule has 0 aromatic rings. The third-order valence-corrected chi connectivity index (χ3v) is 2.35. The summed E-state index contributed by atoms with van der Waals surface area (Å²) in [7, 11) is 0. The van der Waals surface area contributed by atoms with Crippen molar-refractivity contribution in [2.75, 3.05) is 39.6 Å². The van der Waals surface area contributed by atoms with Crippen molar-refractivity contribution in [1.29, 1.82) is 0 Å². The van der Waals surface area contributed by atoms with Crippen LogP contribution in [0.25, 0.3) is 0 Å². The van der Waals surface area contributed by atoms with Gasteiger partial charge in [-0.2, -0.15) is 0 Å². The summed E-state index contributed by atoms with van der Waals surface area (Å²) in [4.78, 5) is 23.5. The molecular weight excluding hydrogens is 252 g/mol. The van der Waals surface area contributed by atoms with Gasteiger partial charge in [-0.1, -0.05) is 0 Å². The van der Waals surface area contributed by atoms with E-state index in [1.807, 2.05) is 13.8 Å². The van der Waals surface area contributed by atoms with E-state index in [1.54, 1.807) is 0 Å². The van der Waals surface area contributed by atoms with Crippen molar-refractivity contribution in [2.24, 2.45) is 5.41 Å². The number of carbonyl (C=O) groups is 2. The largest absolute Gasteiger partial charge is 0.462 e. The molecule has 112 valence electrons. The van der Waals surface area contributed by atoms with Crippen molar-refractivity contribution in [3.8, 4) is 0 Å². The molecule has 19 heavy (non-hydrogen) atoms. The molecular formula is C13H24O6. The maximum Gasteiger partial charge on any atom is 0.322 e. The molecule has 0 spiro atoms. The van der Waals surface area contributed by atoms with Crippen LogP contribution in [0.3, 0.4) is 0 Å². The van der Waals surface area contributed by atoms with Gasteiger partial charge in [-0.25, -0.2) is 0 Å². The van der Waals surface area contributed by atoms with Crippen LogP contribution in [0.2, 0.25) is 0 Å². The normalized spacial score (nSPS) is 11.2. The van der Waals surface area contributed by atoms with Crippen LogP contribution in [0.4, 0.5) is 0 Å². The van der Waals surface area contributed by atoms with Crippen molar-refractivity contribution in [1.82, 2.24) is 0 Å². The summed E-state index contributed by atoms with van der Waals surface area (Å²) in [5.74, 6) is -1.23. The highest BCUT2D eigenvalue weighted by Crippen LogP contribution is 2.19. The molecule has 0 N–H and O–H groups in total. The van der Waals surface area contributed by atoms with Crippen molar-refractivity contribution < 1.29 is 28.5 Å². The molecule has 0 aliphatic carbocycles. The van der Waals surface area contributed by atoms with E-state index < -0.39 is 17.4 Å². The van der Waals surface area contributed by atoms with E-state index in [2.05, 4.69) is 0 Å². The lowest BCUT2D eigenvalue weighted by atomic mass is 9.94. The second-order valence-electron chi connectivity index (χ2n) is 4.29. The first-order valence-corrected chi connectivity index (χ1v) is 6.46. The van der Waals surface area contributed by atoms with E-state index in [0.717, 1.165) is 0 Å². The molecule has 6 heteroatoms. The van der Waals surface area contributed by atoms with Crippen LogP contribution in [-0.4, -0.2) is 51.6 Å². The van der Waals surface area contributed by atoms with Gasteiger partial charge in [0, 0.05) is 13.2 Å². The van der Waals surface area contributed by atoms with Gasteiger partial charge < -0.3 is 18.9 Å². The first-order chi connectivity index (χ1) is 8.96. The van der Waals surface area contributed by atoms with E-state index in [9.17, 15) is 9.59 Å². The summed E-state index contributed by atoms with van der Waals surface area (Å²) in [6, 6.07) is 0. The fraction of sp³-hybridized carbons (Fsp3) is 0.846. The van der Waals surface area contributed by atoms with Crippen LogP contribution >= 0.6 is 0 Å². The van der Waals surface area contributed by atoms with Gasteiger partial charge in [0.2, 0.25) is 0 Å². The average molecular weight is 276 g/mol. The highest BCUT2D eigenvalue weighted by molar-refractivity contribution is 5.99. The third kappa shape index (κ3) is 7.12. The van der Waals surface area contributed by atoms with Crippen molar-refractivity contribution >= 4 is 11.9 Å². The first kappa shape index (κ1) is 17.9. The monoisotopic (exact) mass is 276 g/mol. The predicted molar refractivity (Wildman–Crippen MR) is 68.7 cm³/mol. The highest BCUT2D eigenvalue weighted by Gasteiger charge is 2.39. The molecule has 0 aromatic heterocycles. The molecule has 0 saturated heterocycles. The third-order valence-electron chi connectivity index (χ3n) is 2.35. The molecule has 0 saturated carbocycles. The molecule has 0 rings (SSSR count). The van der Waals surface area contributed by atoms with Crippen LogP contribution in [0.15, 0.2) is 0 Å². The minimum absolute atomic E-state index is 0.127. The number of carbonyl (C=O) groups excluding carboxylic acids is 2. The maximum absolute atomic E-state index is 11.7. The van der Waals surface area contributed by atoms with Gasteiger partial charge in [0.15, 0.2) is 5.41 Å². The Balaban J connectivity index is 4.04. The van der Waals surface area contributed by atoms with Crippen molar-refractivity contribution in [2.45, 2.75) is 27.7 Å². The van der Waals surface area contributed by atoms with Gasteiger partial charge >= 0.3 is 11.9 Å². The second kappa shape index (κ2) is 9.75. The molecule has 0 radical (unpaired) electrons. The quantitative estimate of drug-likeness (QED) is 0.339. The Kier molecular flexibility index (Phi) is 9.16. The Morgan fingerprint density at radius 2 is 1.16 bits per heavy atom. The molecule has 0 unspecified atom stereocenters. The summed E-state index contributed by atoms with van der Waals surface area (Å²) in [5, 5.41) is 0. The summed E-state index contributed by atoms with van der Waals surface area (Å²) >= 11 is 0. The Morgan fingerprint density at radius 3 is 1.47 bits per heavy atom. The number of hydrogen-bond donors (Lipinski definition) is 0. The Morgan fingerprint density at radius 1 is 0.789 bits per heavy atom. The van der Waals surface area contributed by atoms with E-state index >= 15 is 0 Å². The van der Waals surface area contributed by atoms with Gasteiger partial charge in [0.25, 0.3) is 0 Å². The molecule has 0 atom stereocenters. The van der Waals surface area contributed by atoms with Gasteiger partial charge in [-0.3, -0.25) is 9.59 Å². The van der Waals surface area contributed by atoms with Gasteiger partial charge in [0.05, 0.1) is 13.2 Å². The molecule has 6 nitrogen and oxygen atoms in total. The summed E-state index contributed by atoms with van der Waals surface area (Å²) in [6.45, 7) is 8.64. The van der Waals surface area contributed by atoms with E-state index in [4.69, 9.17) is 18.9 Å². The molecule has 0 bridgehead atoms. The Hall–Kier alpha value is -1.14. The fourth-order valence-electron chi connectivity index (χ4n) is 1.12. The SMILES string of the molecule is CCOCCOC(=O)C(C)(C)C(=O)OCCOCC. The van der Waals surface area contributed by atoms with Crippen LogP contribution in [0.1, 0.15) is 27.7 Å². The number of esters is 2. The van der Waals surface area contributed by atoms with Crippen LogP contribution < -0.4 is 0 Å². The molecule has 0 aliphatic rings. The molecule has 0 aliphatic heterocycles. The second-order valence-corrected chi connectivity index (χ2v) is 4.29. The zero-order valence-electron chi connectivity index (χ0n) is 12.2. The number of hydrogen-bond acceptors (Lipinski definition) is 6. The first-order valence-electron chi connectivity index (χ1n) is 6.46. The molecule has 0 aromatic carbocycles. The van der Waals surface area contributed by atoms with Gasteiger partial charge in [0.1, 0.15) is 13.2 Å². The van der Waals surface area contributed by atoms with E-state index in [0.29, 0.717) is 26.4 Å². The summed E-state index contributed by atoms with van der Waals surface area (Å²) in [6.07, 6.45) is 0. The zero-order chi connectivity index (χ0) is 14.7. The minimum Gasteiger partial charge on any atom is -0.462 e. The molecule has 0 heterocycles. The topological polar surface area (TPSA) is 71.1 Å². The standard InChI is InChI=1S/C13H24O6/c1-5-16-7-9-18-11(14)13(3,4)12(15)19-10-8-17-6-2/h5-10H2,1-4H3. The Bertz CT molecular complexity index is 248. The van der Waals surface area contributed by atoms with Crippen molar-refractivity contribution in [3.05, 3.63) is 0 Å². The lowest BCUT2D eigenvalue weighted by Gasteiger charge is -2.20. The van der Waals surface area contributed by atoms with Crippen LogP contribution in [0.5, 0.6) is 0 Å². The van der Waals surface area contributed by atoms with E-state index in [1.165, 1.54) is 13.8 Å². The van der Waals surface area contributed by atoms with Crippen LogP contribution in [-0.2, 0) is 28.5 Å². The average Bonchev–Trinajstić information content (AvgIpc) is 2.39. The lowest BCUT2D eigenvalue weighted by molar-refractivity contribution is -0.171. The minimum atomic E-state index is -1.32.